The Morgan fingerprint density at radius 3 is 2.41 bits per heavy atom. The molecule has 5 rings (SSSR count). The van der Waals surface area contributed by atoms with Crippen molar-refractivity contribution >= 4 is 16.1 Å². The summed E-state index contributed by atoms with van der Waals surface area (Å²) >= 11 is 0. The number of hydrogen-bond donors (Lipinski definition) is 3. The molecule has 1 aromatic rings. The fourth-order valence-corrected chi connectivity index (χ4v) is 10.5. The highest BCUT2D eigenvalue weighted by Crippen LogP contribution is 2.68. The van der Waals surface area contributed by atoms with Gasteiger partial charge in [-0.2, -0.15) is 0 Å². The number of nitrogens with one attached hydrogen (secondary N) is 1. The molecule has 9 heteroatoms. The number of aliphatic hydroxyl groups excluding tert-OH is 2. The molecule has 10 atom stereocenters. The van der Waals surface area contributed by atoms with Crippen LogP contribution in [0.4, 0.5) is 4.79 Å². The molecule has 0 bridgehead atoms. The molecule has 0 unspecified atom stereocenters. The minimum atomic E-state index is -4.06. The van der Waals surface area contributed by atoms with Crippen molar-refractivity contribution in [1.82, 2.24) is 4.72 Å². The number of rotatable bonds is 8. The maximum absolute atomic E-state index is 12.7. The van der Waals surface area contributed by atoms with Gasteiger partial charge in [-0.15, -0.1) is 0 Å². The second-order valence-electron chi connectivity index (χ2n) is 14.0. The van der Waals surface area contributed by atoms with E-state index in [9.17, 15) is 23.4 Å². The Kier molecular flexibility index (Phi) is 8.72. The summed E-state index contributed by atoms with van der Waals surface area (Å²) in [6.45, 7) is 9.56. The molecule has 4 aliphatic rings. The van der Waals surface area contributed by atoms with Crippen molar-refractivity contribution in [2.24, 2.45) is 46.3 Å². The van der Waals surface area contributed by atoms with E-state index in [1.165, 1.54) is 12.1 Å². The summed E-state index contributed by atoms with van der Waals surface area (Å²) in [5, 5.41) is 21.8. The van der Waals surface area contributed by atoms with Crippen molar-refractivity contribution in [3.63, 3.8) is 0 Å². The highest BCUT2D eigenvalue weighted by Gasteiger charge is 2.62. The molecule has 0 saturated heterocycles. The molecule has 4 fully saturated rings. The van der Waals surface area contributed by atoms with E-state index in [0.717, 1.165) is 57.8 Å². The fourth-order valence-electron chi connectivity index (χ4n) is 9.63. The Bertz CT molecular complexity index is 1190. The van der Waals surface area contributed by atoms with E-state index >= 15 is 0 Å². The number of benzene rings is 1. The van der Waals surface area contributed by atoms with Crippen LogP contribution in [0, 0.1) is 46.3 Å². The lowest BCUT2D eigenvalue weighted by atomic mass is 9.43. The van der Waals surface area contributed by atoms with Gasteiger partial charge in [-0.3, -0.25) is 0 Å². The summed E-state index contributed by atoms with van der Waals surface area (Å²) in [6, 6.07) is 5.98. The zero-order valence-electron chi connectivity index (χ0n) is 25.1. The minimum absolute atomic E-state index is 0.0243. The minimum Gasteiger partial charge on any atom is -0.494 e. The van der Waals surface area contributed by atoms with Crippen LogP contribution in [-0.2, 0) is 14.8 Å². The van der Waals surface area contributed by atoms with Gasteiger partial charge in [-0.1, -0.05) is 27.7 Å². The molecule has 4 aliphatic carbocycles. The maximum atomic E-state index is 12.7. The zero-order chi connectivity index (χ0) is 29.6. The second kappa shape index (κ2) is 11.7. The van der Waals surface area contributed by atoms with E-state index in [1.54, 1.807) is 12.1 Å². The monoisotopic (exact) mass is 591 g/mol. The molecule has 0 radical (unpaired) electrons. The number of sulfonamides is 1. The average molecular weight is 592 g/mol. The van der Waals surface area contributed by atoms with Crippen LogP contribution >= 0.6 is 0 Å². The van der Waals surface area contributed by atoms with Gasteiger partial charge in [0.05, 0.1) is 30.3 Å². The molecule has 230 valence electrons. The quantitative estimate of drug-likeness (QED) is 0.364. The first-order chi connectivity index (χ1) is 19.4. The number of ether oxygens (including phenoxy) is 2. The van der Waals surface area contributed by atoms with E-state index in [-0.39, 0.29) is 46.4 Å². The van der Waals surface area contributed by atoms with Gasteiger partial charge >= 0.3 is 6.09 Å². The topological polar surface area (TPSA) is 122 Å². The predicted octanol–water partition coefficient (Wildman–Crippen LogP) is 5.52. The van der Waals surface area contributed by atoms with Crippen LogP contribution in [0.5, 0.6) is 5.75 Å². The third-order valence-electron chi connectivity index (χ3n) is 11.7. The van der Waals surface area contributed by atoms with Crippen molar-refractivity contribution in [2.75, 3.05) is 13.2 Å². The Morgan fingerprint density at radius 1 is 1.02 bits per heavy atom. The largest absolute Gasteiger partial charge is 0.494 e. The highest BCUT2D eigenvalue weighted by atomic mass is 32.2. The lowest BCUT2D eigenvalue weighted by molar-refractivity contribution is -0.174. The van der Waals surface area contributed by atoms with Crippen LogP contribution < -0.4 is 9.46 Å². The fraction of sp³-hybridized carbons (Fsp3) is 0.781. The lowest BCUT2D eigenvalue weighted by Gasteiger charge is -2.62. The Hall–Kier alpha value is -1.84. The number of fused-ring (bicyclic) bond motifs is 5. The molecule has 4 saturated carbocycles. The zero-order valence-corrected chi connectivity index (χ0v) is 25.9. The Balaban J connectivity index is 1.19. The molecule has 8 nitrogen and oxygen atoms in total. The Morgan fingerprint density at radius 2 is 1.71 bits per heavy atom. The molecule has 3 N–H and O–H groups in total. The number of carbonyl (C=O) groups excluding carboxylic acids is 1. The lowest BCUT2D eigenvalue weighted by Crippen LogP contribution is -2.58. The van der Waals surface area contributed by atoms with Crippen molar-refractivity contribution in [3.05, 3.63) is 24.3 Å². The van der Waals surface area contributed by atoms with Crippen LogP contribution in [0.2, 0.25) is 0 Å². The molecule has 1 amide bonds. The number of amides is 1. The van der Waals surface area contributed by atoms with Crippen molar-refractivity contribution in [3.8, 4) is 5.75 Å². The summed E-state index contributed by atoms with van der Waals surface area (Å²) in [7, 11) is -4.06. The summed E-state index contributed by atoms with van der Waals surface area (Å²) in [5.74, 6) is 2.54. The van der Waals surface area contributed by atoms with Crippen LogP contribution in [0.1, 0.15) is 85.5 Å². The van der Waals surface area contributed by atoms with Crippen LogP contribution in [0.25, 0.3) is 0 Å². The van der Waals surface area contributed by atoms with E-state index in [2.05, 4.69) is 20.8 Å². The normalized spacial score (nSPS) is 39.1. The molecule has 0 aromatic heterocycles. The third kappa shape index (κ3) is 5.75. The Labute approximate surface area is 245 Å². The van der Waals surface area contributed by atoms with Crippen molar-refractivity contribution < 1.29 is 32.9 Å². The van der Waals surface area contributed by atoms with E-state index < -0.39 is 16.1 Å². The highest BCUT2D eigenvalue weighted by molar-refractivity contribution is 7.90. The van der Waals surface area contributed by atoms with E-state index in [0.29, 0.717) is 36.0 Å². The van der Waals surface area contributed by atoms with Gasteiger partial charge < -0.3 is 19.7 Å². The first-order valence-corrected chi connectivity index (χ1v) is 17.2. The van der Waals surface area contributed by atoms with Crippen LogP contribution in [-0.4, -0.2) is 50.1 Å². The summed E-state index contributed by atoms with van der Waals surface area (Å²) < 4.78 is 38.5. The first kappa shape index (κ1) is 30.6. The third-order valence-corrected chi connectivity index (χ3v) is 13.0. The van der Waals surface area contributed by atoms with Gasteiger partial charge in [0, 0.05) is 0 Å². The molecular weight excluding hydrogens is 542 g/mol. The predicted molar refractivity (Wildman–Crippen MR) is 156 cm³/mol. The standard InChI is InChI=1S/C32H49NO7S/c1-5-16-39-23-6-8-24(9-7-23)41(37,38)33-30(36)40-19-20(2)25-10-11-26-29-27(13-15-32(25,26)4)31(3)14-12-22(34)17-21(31)18-28(29)35/h6-9,20-22,25-29,34-35H,5,10-19H2,1-4H3,(H,33,36)/t20-,21+,22-,25-,26+,27+,28-,29+,31+,32-/m1/s1. The van der Waals surface area contributed by atoms with E-state index in [4.69, 9.17) is 9.47 Å². The average Bonchev–Trinajstić information content (AvgIpc) is 3.28. The molecule has 41 heavy (non-hydrogen) atoms. The second-order valence-corrected chi connectivity index (χ2v) is 15.6. The van der Waals surface area contributed by atoms with Gasteiger partial charge in [-0.25, -0.2) is 17.9 Å². The van der Waals surface area contributed by atoms with Gasteiger partial charge in [0.25, 0.3) is 10.0 Å². The molecule has 0 spiro atoms. The summed E-state index contributed by atoms with van der Waals surface area (Å²) in [6.07, 6.45) is 7.07. The van der Waals surface area contributed by atoms with Crippen LogP contribution in [0.3, 0.4) is 0 Å². The van der Waals surface area contributed by atoms with Crippen molar-refractivity contribution in [1.29, 1.82) is 0 Å². The van der Waals surface area contributed by atoms with E-state index in [1.807, 2.05) is 11.6 Å². The smallest absolute Gasteiger partial charge is 0.421 e. The van der Waals surface area contributed by atoms with Gasteiger partial charge in [0.2, 0.25) is 0 Å². The first-order valence-electron chi connectivity index (χ1n) is 15.7. The summed E-state index contributed by atoms with van der Waals surface area (Å²) in [4.78, 5) is 12.5. The summed E-state index contributed by atoms with van der Waals surface area (Å²) in [5.41, 5.74) is 0.232. The number of hydrogen-bond acceptors (Lipinski definition) is 7. The van der Waals surface area contributed by atoms with Gasteiger partial charge in [0.1, 0.15) is 5.75 Å². The van der Waals surface area contributed by atoms with Gasteiger partial charge in [0.15, 0.2) is 0 Å². The molecular formula is C32H49NO7S. The molecule has 0 aliphatic heterocycles. The van der Waals surface area contributed by atoms with Crippen molar-refractivity contribution in [2.45, 2.75) is 103 Å². The molecule has 0 heterocycles. The SMILES string of the molecule is CCCOc1ccc(S(=O)(=O)NC(=O)OC[C@@H](C)[C@H]2CC[C@H]3[C@@H]4[C@H](O)C[C@@H]5C[C@H](O)CC[C@]5(C)[C@H]4CC[C@]23C)cc1. The number of carbonyl (C=O) groups is 1. The van der Waals surface area contributed by atoms with Gasteiger partial charge in [-0.05, 0) is 128 Å². The van der Waals surface area contributed by atoms with Crippen LogP contribution in [0.15, 0.2) is 29.2 Å². The number of aliphatic hydroxyl groups is 2. The maximum Gasteiger partial charge on any atom is 0.421 e. The molecule has 1 aromatic carbocycles.